The Labute approximate surface area is 176 Å². The molecular formula is C22H30BNO6. The number of aromatic nitrogens is 1. The third-order valence-corrected chi connectivity index (χ3v) is 6.32. The molecule has 2 N–H and O–H groups in total. The normalized spacial score (nSPS) is 19.3. The van der Waals surface area contributed by atoms with Crippen LogP contribution in [-0.2, 0) is 9.31 Å². The van der Waals surface area contributed by atoms with Gasteiger partial charge < -0.3 is 24.1 Å². The van der Waals surface area contributed by atoms with E-state index in [1.165, 1.54) is 6.20 Å². The van der Waals surface area contributed by atoms with Gasteiger partial charge in [-0.05, 0) is 50.7 Å². The number of carboxylic acids is 1. The summed E-state index contributed by atoms with van der Waals surface area (Å²) in [7, 11) is -0.669. The lowest BCUT2D eigenvalue weighted by Crippen LogP contribution is -2.41. The summed E-state index contributed by atoms with van der Waals surface area (Å²) < 4.78 is 13.9. The fraction of sp³-hybridized carbons (Fsp3) is 0.545. The number of aliphatic hydroxyl groups excluding tert-OH is 1. The Hall–Kier alpha value is -2.16. The van der Waals surface area contributed by atoms with Gasteiger partial charge in [0.05, 0.1) is 29.4 Å². The molecule has 0 amide bonds. The van der Waals surface area contributed by atoms with Gasteiger partial charge in [-0.15, -0.1) is 0 Å². The molecule has 1 unspecified atom stereocenters. The number of hydrogen-bond donors (Lipinski definition) is 2. The molecule has 0 bridgehead atoms. The number of pyridine rings is 1. The van der Waals surface area contributed by atoms with Crippen LogP contribution in [0.25, 0.3) is 10.9 Å². The zero-order valence-electron chi connectivity index (χ0n) is 18.6. The summed E-state index contributed by atoms with van der Waals surface area (Å²) in [5.74, 6) is -1.30. The van der Waals surface area contributed by atoms with Crippen molar-refractivity contribution in [1.82, 2.24) is 4.57 Å². The predicted molar refractivity (Wildman–Crippen MR) is 116 cm³/mol. The minimum absolute atomic E-state index is 0.195. The Balaban J connectivity index is 2.24. The van der Waals surface area contributed by atoms with Crippen molar-refractivity contribution in [3.63, 3.8) is 0 Å². The fourth-order valence-electron chi connectivity index (χ4n) is 3.69. The quantitative estimate of drug-likeness (QED) is 0.745. The van der Waals surface area contributed by atoms with Crippen molar-refractivity contribution in [3.8, 4) is 0 Å². The third-order valence-electron chi connectivity index (χ3n) is 6.32. The predicted octanol–water partition coefficient (Wildman–Crippen LogP) is 2.58. The Morgan fingerprint density at radius 1 is 1.17 bits per heavy atom. The van der Waals surface area contributed by atoms with Crippen LogP contribution < -0.4 is 10.9 Å². The molecule has 1 fully saturated rings. The smallest absolute Gasteiger partial charge is 0.477 e. The van der Waals surface area contributed by atoms with Gasteiger partial charge in [-0.1, -0.05) is 26.8 Å². The summed E-state index contributed by atoms with van der Waals surface area (Å²) in [5.41, 5.74) is -1.15. The number of nitrogens with zero attached hydrogens (tertiary/aromatic N) is 1. The van der Waals surface area contributed by atoms with Crippen molar-refractivity contribution >= 4 is 29.5 Å². The maximum atomic E-state index is 13.0. The minimum atomic E-state index is -1.30. The first-order chi connectivity index (χ1) is 13.7. The van der Waals surface area contributed by atoms with E-state index in [1.807, 2.05) is 54.5 Å². The number of aromatic carboxylic acids is 1. The average molecular weight is 415 g/mol. The molecule has 1 aromatic heterocycles. The summed E-state index contributed by atoms with van der Waals surface area (Å²) in [4.78, 5) is 24.7. The number of benzene rings is 1. The molecular weight excluding hydrogens is 385 g/mol. The second kappa shape index (κ2) is 7.22. The molecule has 0 aliphatic carbocycles. The van der Waals surface area contributed by atoms with E-state index in [9.17, 15) is 19.8 Å². The van der Waals surface area contributed by atoms with Crippen molar-refractivity contribution in [2.45, 2.75) is 65.7 Å². The number of carbonyl (C=O) groups is 1. The Morgan fingerprint density at radius 2 is 1.73 bits per heavy atom. The van der Waals surface area contributed by atoms with E-state index >= 15 is 0 Å². The van der Waals surface area contributed by atoms with Crippen molar-refractivity contribution in [1.29, 1.82) is 0 Å². The maximum absolute atomic E-state index is 13.0. The first-order valence-corrected chi connectivity index (χ1v) is 10.1. The van der Waals surface area contributed by atoms with Gasteiger partial charge in [-0.25, -0.2) is 4.79 Å². The van der Waals surface area contributed by atoms with Crippen molar-refractivity contribution in [3.05, 3.63) is 40.2 Å². The molecule has 8 heteroatoms. The maximum Gasteiger partial charge on any atom is 0.494 e. The molecule has 30 heavy (non-hydrogen) atoms. The Bertz CT molecular complexity index is 1030. The van der Waals surface area contributed by atoms with Gasteiger partial charge in [0.25, 0.3) is 0 Å². The van der Waals surface area contributed by atoms with Gasteiger partial charge in [-0.2, -0.15) is 0 Å². The molecule has 0 saturated carbocycles. The molecule has 0 radical (unpaired) electrons. The van der Waals surface area contributed by atoms with Crippen LogP contribution in [0.1, 0.15) is 64.9 Å². The lowest BCUT2D eigenvalue weighted by atomic mass is 9.78. The summed E-state index contributed by atoms with van der Waals surface area (Å²) >= 11 is 0. The lowest BCUT2D eigenvalue weighted by molar-refractivity contribution is 0.00578. The number of aliphatic hydroxyl groups is 1. The van der Waals surface area contributed by atoms with Crippen molar-refractivity contribution in [2.75, 3.05) is 6.61 Å². The SMILES string of the molecule is CC(C)(C)C(CO)n1cc(C(=O)O)c(=O)c2cc(B3OC(C)(C)C(C)(C)O3)ccc21. The minimum Gasteiger partial charge on any atom is -0.477 e. The molecule has 1 aliphatic heterocycles. The van der Waals surface area contributed by atoms with Crippen LogP contribution in [0.4, 0.5) is 0 Å². The number of rotatable bonds is 4. The van der Waals surface area contributed by atoms with E-state index in [0.29, 0.717) is 11.0 Å². The molecule has 1 aliphatic rings. The van der Waals surface area contributed by atoms with Gasteiger partial charge in [0, 0.05) is 11.6 Å². The van der Waals surface area contributed by atoms with Crippen LogP contribution in [-0.4, -0.2) is 45.7 Å². The molecule has 1 aromatic carbocycles. The molecule has 1 saturated heterocycles. The van der Waals surface area contributed by atoms with Gasteiger partial charge in [-0.3, -0.25) is 4.79 Å². The van der Waals surface area contributed by atoms with E-state index in [1.54, 1.807) is 16.7 Å². The van der Waals surface area contributed by atoms with Crippen LogP contribution in [0, 0.1) is 5.41 Å². The summed E-state index contributed by atoms with van der Waals surface area (Å²) in [6, 6.07) is 4.80. The molecule has 1 atom stereocenters. The first kappa shape index (κ1) is 22.5. The highest BCUT2D eigenvalue weighted by Gasteiger charge is 2.51. The van der Waals surface area contributed by atoms with Crippen LogP contribution in [0.3, 0.4) is 0 Å². The Kier molecular flexibility index (Phi) is 5.42. The highest BCUT2D eigenvalue weighted by molar-refractivity contribution is 6.62. The molecule has 2 aromatic rings. The zero-order valence-corrected chi connectivity index (χ0v) is 18.6. The van der Waals surface area contributed by atoms with Gasteiger partial charge >= 0.3 is 13.1 Å². The number of fused-ring (bicyclic) bond motifs is 1. The monoisotopic (exact) mass is 415 g/mol. The van der Waals surface area contributed by atoms with Gasteiger partial charge in [0.2, 0.25) is 5.43 Å². The second-order valence-corrected chi connectivity index (χ2v) is 10.0. The largest absolute Gasteiger partial charge is 0.494 e. The summed E-state index contributed by atoms with van der Waals surface area (Å²) in [6.45, 7) is 13.4. The van der Waals surface area contributed by atoms with Gasteiger partial charge in [0.1, 0.15) is 5.56 Å². The first-order valence-electron chi connectivity index (χ1n) is 10.1. The standard InChI is InChI=1S/C22H30BNO6/c1-20(2,3)17(12-25)24-11-15(19(27)28)18(26)14-10-13(8-9-16(14)24)23-29-21(4,5)22(6,7)30-23/h8-11,17,25H,12H2,1-7H3,(H,27,28). The molecule has 2 heterocycles. The fourth-order valence-corrected chi connectivity index (χ4v) is 3.69. The highest BCUT2D eigenvalue weighted by Crippen LogP contribution is 2.37. The van der Waals surface area contributed by atoms with Gasteiger partial charge in [0.15, 0.2) is 0 Å². The van der Waals surface area contributed by atoms with E-state index in [2.05, 4.69) is 0 Å². The van der Waals surface area contributed by atoms with Crippen LogP contribution in [0.15, 0.2) is 29.2 Å². The summed E-state index contributed by atoms with van der Waals surface area (Å²) in [5, 5.41) is 19.9. The highest BCUT2D eigenvalue weighted by atomic mass is 16.7. The van der Waals surface area contributed by atoms with Crippen molar-refractivity contribution in [2.24, 2.45) is 5.41 Å². The third kappa shape index (κ3) is 3.68. The lowest BCUT2D eigenvalue weighted by Gasteiger charge is -2.32. The number of hydrogen-bond acceptors (Lipinski definition) is 5. The summed E-state index contributed by atoms with van der Waals surface area (Å²) in [6.07, 6.45) is 1.33. The molecule has 3 rings (SSSR count). The van der Waals surface area contributed by atoms with Crippen LogP contribution in [0.2, 0.25) is 0 Å². The van der Waals surface area contributed by atoms with E-state index in [-0.39, 0.29) is 23.0 Å². The average Bonchev–Trinajstić information content (AvgIpc) is 2.83. The second-order valence-electron chi connectivity index (χ2n) is 10.0. The van der Waals surface area contributed by atoms with E-state index < -0.39 is 35.8 Å². The van der Waals surface area contributed by atoms with E-state index in [0.717, 1.165) is 0 Å². The van der Waals surface area contributed by atoms with Crippen molar-refractivity contribution < 1.29 is 24.3 Å². The van der Waals surface area contributed by atoms with E-state index in [4.69, 9.17) is 9.31 Å². The molecule has 0 spiro atoms. The Morgan fingerprint density at radius 3 is 2.20 bits per heavy atom. The van der Waals surface area contributed by atoms with Crippen LogP contribution >= 0.6 is 0 Å². The molecule has 162 valence electrons. The molecule has 7 nitrogen and oxygen atoms in total. The number of carboxylic acid groups (broad SMARTS) is 1. The zero-order chi connectivity index (χ0) is 22.6. The van der Waals surface area contributed by atoms with Crippen LogP contribution in [0.5, 0.6) is 0 Å². The topological polar surface area (TPSA) is 98.0 Å².